The van der Waals surface area contributed by atoms with Crippen LogP contribution in [0.2, 0.25) is 0 Å². The number of aryl methyl sites for hydroxylation is 2. The minimum absolute atomic E-state index is 0.0791. The molecule has 1 fully saturated rings. The van der Waals surface area contributed by atoms with Gasteiger partial charge in [0.05, 0.1) is 18.9 Å². The second kappa shape index (κ2) is 5.98. The van der Waals surface area contributed by atoms with Crippen molar-refractivity contribution in [3.05, 3.63) is 47.3 Å². The molecule has 134 valence electrons. The number of ketones is 1. The molecule has 4 rings (SSSR count). The maximum atomic E-state index is 12.8. The summed E-state index contributed by atoms with van der Waals surface area (Å²) >= 11 is 0. The average molecular weight is 349 g/mol. The maximum absolute atomic E-state index is 12.8. The van der Waals surface area contributed by atoms with Crippen LogP contribution in [0, 0.1) is 29.1 Å². The van der Waals surface area contributed by atoms with E-state index in [0.717, 1.165) is 29.8 Å². The van der Waals surface area contributed by atoms with Crippen LogP contribution in [0.15, 0.2) is 30.5 Å². The minimum Gasteiger partial charge on any atom is -0.497 e. The fourth-order valence-electron chi connectivity index (χ4n) is 5.17. The highest BCUT2D eigenvalue weighted by molar-refractivity contribution is 5.87. The van der Waals surface area contributed by atoms with Gasteiger partial charge >= 0.3 is 0 Å². The number of ether oxygens (including phenoxy) is 1. The van der Waals surface area contributed by atoms with Crippen LogP contribution >= 0.6 is 0 Å². The Morgan fingerprint density at radius 3 is 2.96 bits per heavy atom. The predicted molar refractivity (Wildman–Crippen MR) is 96.7 cm³/mol. The summed E-state index contributed by atoms with van der Waals surface area (Å²) in [5.41, 5.74) is 2.94. The van der Waals surface area contributed by atoms with Crippen LogP contribution in [0.25, 0.3) is 0 Å². The van der Waals surface area contributed by atoms with Gasteiger partial charge in [-0.3, -0.25) is 9.48 Å². The third-order valence-corrected chi connectivity index (χ3v) is 6.35. The van der Waals surface area contributed by atoms with Crippen LogP contribution < -0.4 is 4.74 Å². The van der Waals surface area contributed by atoms with Crippen LogP contribution in [-0.4, -0.2) is 22.7 Å². The Hall–Kier alpha value is -2.61. The molecule has 5 nitrogen and oxygen atoms in total. The van der Waals surface area contributed by atoms with Crippen LogP contribution in [0.3, 0.4) is 0 Å². The molecule has 1 saturated carbocycles. The molecule has 1 heterocycles. The van der Waals surface area contributed by atoms with Gasteiger partial charge in [-0.25, -0.2) is 0 Å². The molecule has 2 aromatic rings. The Bertz CT molecular complexity index is 910. The summed E-state index contributed by atoms with van der Waals surface area (Å²) in [5, 5.41) is 14.5. The first kappa shape index (κ1) is 16.8. The van der Waals surface area contributed by atoms with Crippen LogP contribution in [0.4, 0.5) is 0 Å². The van der Waals surface area contributed by atoms with Gasteiger partial charge in [0.2, 0.25) is 0 Å². The molecule has 0 saturated heterocycles. The van der Waals surface area contributed by atoms with Crippen LogP contribution in [0.5, 0.6) is 5.75 Å². The van der Waals surface area contributed by atoms with E-state index in [1.807, 2.05) is 36.9 Å². The Morgan fingerprint density at radius 2 is 2.23 bits per heavy atom. The number of methoxy groups -OCH3 is 1. The van der Waals surface area contributed by atoms with Crippen LogP contribution in [0.1, 0.15) is 36.6 Å². The summed E-state index contributed by atoms with van der Waals surface area (Å²) in [6.45, 7) is 1.99. The lowest BCUT2D eigenvalue weighted by atomic mass is 9.51. The molecule has 1 aromatic carbocycles. The van der Waals surface area contributed by atoms with E-state index in [4.69, 9.17) is 9.84 Å². The van der Waals surface area contributed by atoms with E-state index in [0.29, 0.717) is 6.42 Å². The average Bonchev–Trinajstić information content (AvgIpc) is 3.05. The fraction of sp³-hybridized carbons (Fsp3) is 0.476. The van der Waals surface area contributed by atoms with Crippen molar-refractivity contribution in [1.82, 2.24) is 9.78 Å². The van der Waals surface area contributed by atoms with Crippen molar-refractivity contribution in [2.75, 3.05) is 7.11 Å². The molecule has 26 heavy (non-hydrogen) atoms. The molecule has 4 atom stereocenters. The van der Waals surface area contributed by atoms with E-state index in [1.165, 1.54) is 5.56 Å². The highest BCUT2D eigenvalue weighted by Crippen LogP contribution is 2.56. The van der Waals surface area contributed by atoms with E-state index in [-0.39, 0.29) is 17.6 Å². The van der Waals surface area contributed by atoms with E-state index >= 15 is 0 Å². The first-order valence-corrected chi connectivity index (χ1v) is 9.12. The number of Topliss-reactive ketones (excluding diaryl/α,β-unsaturated/α-hetero) is 1. The van der Waals surface area contributed by atoms with Gasteiger partial charge < -0.3 is 4.74 Å². The number of aromatic nitrogens is 2. The topological polar surface area (TPSA) is 67.9 Å². The molecule has 1 aromatic heterocycles. The molecular formula is C21H23N3O2. The fourth-order valence-corrected chi connectivity index (χ4v) is 5.17. The van der Waals surface area contributed by atoms with E-state index in [2.05, 4.69) is 18.3 Å². The number of fused-ring (bicyclic) bond motifs is 3. The SMILES string of the molecule is COc1cccc(C23CC(C#N)C(=O)C(C)C2CCc2cn(C)nc23)c1. The third kappa shape index (κ3) is 2.21. The van der Waals surface area contributed by atoms with Gasteiger partial charge in [0, 0.05) is 24.6 Å². The Balaban J connectivity index is 1.99. The third-order valence-electron chi connectivity index (χ3n) is 6.35. The zero-order valence-electron chi connectivity index (χ0n) is 15.4. The van der Waals surface area contributed by atoms with E-state index < -0.39 is 11.3 Å². The number of benzene rings is 1. The molecule has 0 amide bonds. The number of nitriles is 1. The summed E-state index contributed by atoms with van der Waals surface area (Å²) in [4.78, 5) is 12.8. The summed E-state index contributed by atoms with van der Waals surface area (Å²) in [6.07, 6.45) is 4.43. The summed E-state index contributed by atoms with van der Waals surface area (Å²) < 4.78 is 7.32. The van der Waals surface area contributed by atoms with Crippen molar-refractivity contribution >= 4 is 5.78 Å². The Kier molecular flexibility index (Phi) is 3.87. The lowest BCUT2D eigenvalue weighted by Gasteiger charge is -2.50. The van der Waals surface area contributed by atoms with Crippen molar-refractivity contribution in [3.8, 4) is 11.8 Å². The summed E-state index contributed by atoms with van der Waals surface area (Å²) in [7, 11) is 3.60. The molecule has 5 heteroatoms. The van der Waals surface area contributed by atoms with Crippen molar-refractivity contribution in [2.45, 2.75) is 31.6 Å². The predicted octanol–water partition coefficient (Wildman–Crippen LogP) is 3.03. The van der Waals surface area contributed by atoms with Crippen molar-refractivity contribution in [2.24, 2.45) is 24.8 Å². The molecule has 4 unspecified atom stereocenters. The summed E-state index contributed by atoms with van der Waals surface area (Å²) in [6, 6.07) is 10.3. The minimum atomic E-state index is -0.597. The molecule has 0 radical (unpaired) electrons. The molecule has 0 N–H and O–H groups in total. The van der Waals surface area contributed by atoms with E-state index in [9.17, 15) is 10.1 Å². The standard InChI is InChI=1S/C21H23N3O2/c1-13-18-8-7-14-12-24(2)23-20(14)21(18,10-15(11-22)19(13)25)16-5-4-6-17(9-16)26-3/h4-6,9,12-13,15,18H,7-8,10H2,1-3H3. The number of carbonyl (C=O) groups is 1. The zero-order chi connectivity index (χ0) is 18.5. The lowest BCUT2D eigenvalue weighted by Crippen LogP contribution is -2.52. The van der Waals surface area contributed by atoms with Crippen LogP contribution in [-0.2, 0) is 23.7 Å². The van der Waals surface area contributed by atoms with Gasteiger partial charge in [-0.1, -0.05) is 19.1 Å². The largest absolute Gasteiger partial charge is 0.497 e. The van der Waals surface area contributed by atoms with Gasteiger partial charge in [-0.2, -0.15) is 10.4 Å². The molecule has 2 aliphatic rings. The normalized spacial score (nSPS) is 30.2. The molecular weight excluding hydrogens is 326 g/mol. The number of nitrogens with zero attached hydrogens (tertiary/aromatic N) is 3. The molecule has 0 bridgehead atoms. The number of hydrogen-bond donors (Lipinski definition) is 0. The Labute approximate surface area is 153 Å². The van der Waals surface area contributed by atoms with Crippen molar-refractivity contribution in [3.63, 3.8) is 0 Å². The van der Waals surface area contributed by atoms with Gasteiger partial charge in [0.25, 0.3) is 0 Å². The second-order valence-corrected chi connectivity index (χ2v) is 7.60. The zero-order valence-corrected chi connectivity index (χ0v) is 15.4. The second-order valence-electron chi connectivity index (χ2n) is 7.60. The Morgan fingerprint density at radius 1 is 1.42 bits per heavy atom. The van der Waals surface area contributed by atoms with Gasteiger partial charge in [0.1, 0.15) is 11.7 Å². The molecule has 0 spiro atoms. The highest BCUT2D eigenvalue weighted by Gasteiger charge is 2.56. The summed E-state index contributed by atoms with van der Waals surface area (Å²) in [5.74, 6) is 0.261. The lowest BCUT2D eigenvalue weighted by molar-refractivity contribution is -0.131. The maximum Gasteiger partial charge on any atom is 0.153 e. The van der Waals surface area contributed by atoms with E-state index in [1.54, 1.807) is 7.11 Å². The van der Waals surface area contributed by atoms with Crippen molar-refractivity contribution < 1.29 is 9.53 Å². The first-order valence-electron chi connectivity index (χ1n) is 9.12. The monoisotopic (exact) mass is 349 g/mol. The number of carbonyl (C=O) groups excluding carboxylic acids is 1. The first-order chi connectivity index (χ1) is 12.5. The van der Waals surface area contributed by atoms with Gasteiger partial charge in [-0.15, -0.1) is 0 Å². The smallest absolute Gasteiger partial charge is 0.153 e. The number of hydrogen-bond acceptors (Lipinski definition) is 4. The molecule has 2 aliphatic carbocycles. The quantitative estimate of drug-likeness (QED) is 0.836. The molecule has 0 aliphatic heterocycles. The van der Waals surface area contributed by atoms with Gasteiger partial charge in [-0.05, 0) is 48.4 Å². The van der Waals surface area contributed by atoms with Gasteiger partial charge in [0.15, 0.2) is 5.78 Å². The number of rotatable bonds is 2. The van der Waals surface area contributed by atoms with Crippen molar-refractivity contribution in [1.29, 1.82) is 5.26 Å². The highest BCUT2D eigenvalue weighted by atomic mass is 16.5.